The topological polar surface area (TPSA) is 60.0 Å². The summed E-state index contributed by atoms with van der Waals surface area (Å²) in [5.41, 5.74) is 1.53. The fraction of sp³-hybridized carbons (Fsp3) is 0.600. The molecule has 0 saturated carbocycles. The summed E-state index contributed by atoms with van der Waals surface area (Å²) in [6.07, 6.45) is -3.34. The first kappa shape index (κ1) is 26.5. The lowest BCUT2D eigenvalue weighted by Crippen LogP contribution is -2.56. The van der Waals surface area contributed by atoms with E-state index in [-0.39, 0.29) is 29.9 Å². The third-order valence-corrected chi connectivity index (χ3v) is 5.02. The van der Waals surface area contributed by atoms with Crippen molar-refractivity contribution >= 4 is 35.8 Å². The predicted molar refractivity (Wildman–Crippen MR) is 123 cm³/mol. The van der Waals surface area contributed by atoms with E-state index in [1.807, 2.05) is 30.0 Å². The molecule has 1 aromatic carbocycles. The molecule has 170 valence electrons. The van der Waals surface area contributed by atoms with Gasteiger partial charge in [0, 0.05) is 51.9 Å². The van der Waals surface area contributed by atoms with E-state index in [0.29, 0.717) is 50.8 Å². The smallest absolute Gasteiger partial charge is 0.352 e. The van der Waals surface area contributed by atoms with E-state index < -0.39 is 12.2 Å². The van der Waals surface area contributed by atoms with Crippen molar-refractivity contribution in [2.45, 2.75) is 39.0 Å². The Morgan fingerprint density at radius 3 is 2.43 bits per heavy atom. The number of aliphatic imine (C=N–C) groups is 1. The van der Waals surface area contributed by atoms with Crippen molar-refractivity contribution in [3.63, 3.8) is 0 Å². The maximum atomic E-state index is 12.9. The summed E-state index contributed by atoms with van der Waals surface area (Å²) in [5, 5.41) is 6.09. The van der Waals surface area contributed by atoms with Gasteiger partial charge in [-0.3, -0.25) is 14.7 Å². The molecule has 2 rings (SSSR count). The molecule has 1 aromatic rings. The normalized spacial score (nSPS) is 16.6. The second-order valence-corrected chi connectivity index (χ2v) is 7.10. The Hall–Kier alpha value is -1.56. The molecule has 6 nitrogen and oxygen atoms in total. The van der Waals surface area contributed by atoms with Crippen molar-refractivity contribution in [2.75, 3.05) is 39.8 Å². The number of nitrogens with zero attached hydrogens (tertiary/aromatic N) is 3. The van der Waals surface area contributed by atoms with E-state index in [2.05, 4.69) is 15.6 Å². The largest absolute Gasteiger partial charge is 0.403 e. The average Bonchev–Trinajstić information content (AvgIpc) is 2.72. The zero-order chi connectivity index (χ0) is 21.4. The Kier molecular flexibility index (Phi) is 10.9. The molecule has 1 amide bonds. The van der Waals surface area contributed by atoms with E-state index in [1.165, 1.54) is 11.8 Å². The molecule has 30 heavy (non-hydrogen) atoms. The minimum atomic E-state index is -4.21. The van der Waals surface area contributed by atoms with Gasteiger partial charge in [-0.2, -0.15) is 13.2 Å². The van der Waals surface area contributed by atoms with Crippen LogP contribution in [0.1, 0.15) is 36.2 Å². The molecule has 0 aromatic heterocycles. The van der Waals surface area contributed by atoms with Crippen LogP contribution in [0.5, 0.6) is 0 Å². The number of nitrogens with one attached hydrogen (secondary N) is 2. The highest BCUT2D eigenvalue weighted by Gasteiger charge is 2.41. The highest BCUT2D eigenvalue weighted by molar-refractivity contribution is 14.0. The molecule has 0 bridgehead atoms. The Morgan fingerprint density at radius 1 is 1.20 bits per heavy atom. The molecule has 1 aliphatic rings. The van der Waals surface area contributed by atoms with Crippen molar-refractivity contribution < 1.29 is 18.0 Å². The third kappa shape index (κ3) is 7.60. The van der Waals surface area contributed by atoms with Crippen LogP contribution in [0.25, 0.3) is 0 Å². The van der Waals surface area contributed by atoms with Gasteiger partial charge in [-0.1, -0.05) is 19.1 Å². The Bertz CT molecular complexity index is 706. The summed E-state index contributed by atoms with van der Waals surface area (Å²) < 4.78 is 38.7. The molecule has 2 N–H and O–H groups in total. The minimum absolute atomic E-state index is 0. The van der Waals surface area contributed by atoms with Gasteiger partial charge in [0.2, 0.25) is 0 Å². The number of rotatable bonds is 6. The van der Waals surface area contributed by atoms with Gasteiger partial charge >= 0.3 is 6.18 Å². The maximum Gasteiger partial charge on any atom is 0.403 e. The molecule has 1 heterocycles. The summed E-state index contributed by atoms with van der Waals surface area (Å²) in [5.74, 6) is 0.540. The summed E-state index contributed by atoms with van der Waals surface area (Å²) in [6, 6.07) is 5.90. The Labute approximate surface area is 193 Å². The predicted octanol–water partition coefficient (Wildman–Crippen LogP) is 3.09. The van der Waals surface area contributed by atoms with Gasteiger partial charge in [0.1, 0.15) is 6.04 Å². The number of guanidine groups is 1. The highest BCUT2D eigenvalue weighted by Crippen LogP contribution is 2.25. The molecule has 10 heteroatoms. The number of hydrogen-bond donors (Lipinski definition) is 2. The summed E-state index contributed by atoms with van der Waals surface area (Å²) in [7, 11) is 1.65. The number of alkyl halides is 3. The zero-order valence-corrected chi connectivity index (χ0v) is 20.0. The average molecular weight is 541 g/mol. The van der Waals surface area contributed by atoms with Crippen molar-refractivity contribution in [1.29, 1.82) is 0 Å². The number of carbonyl (C=O) groups excluding carboxylic acids is 1. The van der Waals surface area contributed by atoms with Crippen LogP contribution in [0.2, 0.25) is 0 Å². The van der Waals surface area contributed by atoms with E-state index in [1.54, 1.807) is 13.1 Å². The standard InChI is InChI=1S/C20H30F3N5O.HI/c1-4-8-25-18(29)17-7-5-6-16(13-17)14-26-19(24-3)28-11-9-27(10-12-28)15(2)20(21,22)23;/h5-7,13,15H,4,8-12,14H2,1-3H3,(H,24,26)(H,25,29);1H. The number of carbonyl (C=O) groups is 1. The van der Waals surface area contributed by atoms with Gasteiger partial charge in [-0.05, 0) is 31.0 Å². The van der Waals surface area contributed by atoms with Crippen molar-refractivity contribution in [3.8, 4) is 0 Å². The van der Waals surface area contributed by atoms with Crippen LogP contribution in [-0.4, -0.2) is 73.7 Å². The SMILES string of the molecule is CCCNC(=O)c1cccc(CNC(=NC)N2CCN(C(C)C(F)(F)F)CC2)c1.I. The molecular weight excluding hydrogens is 510 g/mol. The van der Waals surface area contributed by atoms with Crippen LogP contribution in [-0.2, 0) is 6.54 Å². The first-order valence-corrected chi connectivity index (χ1v) is 9.89. The first-order chi connectivity index (χ1) is 13.8. The fourth-order valence-electron chi connectivity index (χ4n) is 3.20. The van der Waals surface area contributed by atoms with E-state index in [4.69, 9.17) is 0 Å². The van der Waals surface area contributed by atoms with Crippen LogP contribution in [0.4, 0.5) is 13.2 Å². The van der Waals surface area contributed by atoms with E-state index in [9.17, 15) is 18.0 Å². The molecule has 1 saturated heterocycles. The molecule has 0 aliphatic carbocycles. The van der Waals surface area contributed by atoms with Gasteiger partial charge < -0.3 is 15.5 Å². The maximum absolute atomic E-state index is 12.9. The number of piperazine rings is 1. The van der Waals surface area contributed by atoms with Gasteiger partial charge in [0.05, 0.1) is 0 Å². The lowest BCUT2D eigenvalue weighted by molar-refractivity contribution is -0.181. The van der Waals surface area contributed by atoms with Gasteiger partial charge in [-0.15, -0.1) is 24.0 Å². The summed E-state index contributed by atoms with van der Waals surface area (Å²) in [6.45, 7) is 5.90. The van der Waals surface area contributed by atoms with Crippen molar-refractivity contribution in [3.05, 3.63) is 35.4 Å². The van der Waals surface area contributed by atoms with Crippen LogP contribution in [0.15, 0.2) is 29.3 Å². The Morgan fingerprint density at radius 2 is 1.87 bits per heavy atom. The number of amides is 1. The first-order valence-electron chi connectivity index (χ1n) is 9.89. The lowest BCUT2D eigenvalue weighted by Gasteiger charge is -2.39. The molecule has 0 radical (unpaired) electrons. The van der Waals surface area contributed by atoms with Crippen LogP contribution < -0.4 is 10.6 Å². The number of halogens is 4. The fourth-order valence-corrected chi connectivity index (χ4v) is 3.20. The van der Waals surface area contributed by atoms with E-state index in [0.717, 1.165) is 12.0 Å². The van der Waals surface area contributed by atoms with Crippen LogP contribution >= 0.6 is 24.0 Å². The summed E-state index contributed by atoms with van der Waals surface area (Å²) >= 11 is 0. The zero-order valence-electron chi connectivity index (χ0n) is 17.6. The molecule has 0 spiro atoms. The molecule has 1 atom stereocenters. The third-order valence-electron chi connectivity index (χ3n) is 5.02. The molecular formula is C20H31F3IN5O. The molecule has 1 fully saturated rings. The molecule has 1 aliphatic heterocycles. The van der Waals surface area contributed by atoms with Gasteiger partial charge in [-0.25, -0.2) is 0 Å². The van der Waals surface area contributed by atoms with Crippen molar-refractivity contribution in [1.82, 2.24) is 20.4 Å². The minimum Gasteiger partial charge on any atom is -0.352 e. The van der Waals surface area contributed by atoms with Crippen LogP contribution in [0.3, 0.4) is 0 Å². The number of benzene rings is 1. The second kappa shape index (κ2) is 12.3. The lowest BCUT2D eigenvalue weighted by atomic mass is 10.1. The number of hydrogen-bond acceptors (Lipinski definition) is 3. The quantitative estimate of drug-likeness (QED) is 0.331. The molecule has 1 unspecified atom stereocenters. The Balaban J connectivity index is 0.00000450. The van der Waals surface area contributed by atoms with E-state index >= 15 is 0 Å². The second-order valence-electron chi connectivity index (χ2n) is 7.10. The van der Waals surface area contributed by atoms with Gasteiger partial charge in [0.15, 0.2) is 5.96 Å². The highest BCUT2D eigenvalue weighted by atomic mass is 127. The van der Waals surface area contributed by atoms with Crippen LogP contribution in [0, 0.1) is 0 Å². The monoisotopic (exact) mass is 541 g/mol. The summed E-state index contributed by atoms with van der Waals surface area (Å²) in [4.78, 5) is 19.8. The van der Waals surface area contributed by atoms with Gasteiger partial charge in [0.25, 0.3) is 5.91 Å². The van der Waals surface area contributed by atoms with Crippen molar-refractivity contribution in [2.24, 2.45) is 4.99 Å².